The number of carbonyl (C=O) groups excluding carboxylic acids is 1. The number of carbonyl (C=O) groups is 1. The Labute approximate surface area is 104 Å². The Kier molecular flexibility index (Phi) is 3.43. The molecule has 5 heteroatoms. The fourth-order valence-electron chi connectivity index (χ4n) is 2.22. The predicted molar refractivity (Wildman–Crippen MR) is 64.3 cm³/mol. The van der Waals surface area contributed by atoms with Crippen molar-refractivity contribution >= 4 is 23.1 Å². The Morgan fingerprint density at radius 1 is 1.35 bits per heavy atom. The van der Waals surface area contributed by atoms with Crippen LogP contribution in [-0.2, 0) is 4.79 Å². The van der Waals surface area contributed by atoms with E-state index in [2.05, 4.69) is 0 Å². The predicted octanol–water partition coefficient (Wildman–Crippen LogP) is 3.47. The minimum atomic E-state index is -0.519. The second kappa shape index (κ2) is 4.84. The lowest BCUT2D eigenvalue weighted by molar-refractivity contribution is -0.384. The summed E-state index contributed by atoms with van der Waals surface area (Å²) < 4.78 is 0. The van der Waals surface area contributed by atoms with E-state index in [1.54, 1.807) is 12.1 Å². The van der Waals surface area contributed by atoms with Crippen LogP contribution in [0.4, 0.5) is 5.69 Å². The maximum absolute atomic E-state index is 11.7. The first-order valence-corrected chi connectivity index (χ1v) is 5.94. The number of nitrogens with zero attached hydrogens (tertiary/aromatic N) is 1. The first-order chi connectivity index (χ1) is 8.09. The summed E-state index contributed by atoms with van der Waals surface area (Å²) in [5, 5.41) is 10.7. The fourth-order valence-corrected chi connectivity index (χ4v) is 2.48. The van der Waals surface area contributed by atoms with Crippen LogP contribution in [0.15, 0.2) is 18.2 Å². The molecule has 0 heterocycles. The molecule has 0 amide bonds. The number of nitro benzene ring substituents is 1. The number of benzene rings is 1. The summed E-state index contributed by atoms with van der Waals surface area (Å²) in [6, 6.07) is 4.56. The number of halogens is 1. The van der Waals surface area contributed by atoms with Crippen LogP contribution < -0.4 is 0 Å². The zero-order valence-electron chi connectivity index (χ0n) is 9.19. The quantitative estimate of drug-likeness (QED) is 0.599. The molecule has 0 aromatic heterocycles. The molecular formula is C12H12ClNO3. The van der Waals surface area contributed by atoms with Crippen molar-refractivity contribution in [2.45, 2.75) is 31.6 Å². The van der Waals surface area contributed by atoms with Gasteiger partial charge in [-0.25, -0.2) is 0 Å². The molecular weight excluding hydrogens is 242 g/mol. The molecule has 1 aliphatic carbocycles. The van der Waals surface area contributed by atoms with Gasteiger partial charge in [-0.05, 0) is 24.5 Å². The molecule has 90 valence electrons. The van der Waals surface area contributed by atoms with Gasteiger partial charge in [-0.2, -0.15) is 0 Å². The maximum atomic E-state index is 11.7. The SMILES string of the molecule is O=C1CCCCC1c1ccc([N+](=O)[O-])c(Cl)c1. The van der Waals surface area contributed by atoms with Crippen molar-refractivity contribution in [2.24, 2.45) is 0 Å². The van der Waals surface area contributed by atoms with Crippen LogP contribution >= 0.6 is 11.6 Å². The van der Waals surface area contributed by atoms with E-state index in [9.17, 15) is 14.9 Å². The summed E-state index contributed by atoms with van der Waals surface area (Å²) in [5.74, 6) is 0.0724. The monoisotopic (exact) mass is 253 g/mol. The zero-order chi connectivity index (χ0) is 12.4. The van der Waals surface area contributed by atoms with Gasteiger partial charge in [-0.15, -0.1) is 0 Å². The summed E-state index contributed by atoms with van der Waals surface area (Å²) in [4.78, 5) is 21.9. The Balaban J connectivity index is 2.30. The molecule has 1 aromatic rings. The lowest BCUT2D eigenvalue weighted by atomic mass is 9.83. The summed E-state index contributed by atoms with van der Waals surface area (Å²) >= 11 is 5.84. The second-order valence-corrected chi connectivity index (χ2v) is 4.64. The zero-order valence-corrected chi connectivity index (χ0v) is 9.94. The van der Waals surface area contributed by atoms with Crippen LogP contribution in [0.5, 0.6) is 0 Å². The molecule has 1 aromatic carbocycles. The number of ketones is 1. The third kappa shape index (κ3) is 2.47. The highest BCUT2D eigenvalue weighted by molar-refractivity contribution is 6.32. The van der Waals surface area contributed by atoms with E-state index < -0.39 is 4.92 Å². The van der Waals surface area contributed by atoms with E-state index in [4.69, 9.17) is 11.6 Å². The average molecular weight is 254 g/mol. The van der Waals surface area contributed by atoms with Gasteiger partial charge in [0.05, 0.1) is 4.92 Å². The molecule has 1 fully saturated rings. The van der Waals surface area contributed by atoms with Gasteiger partial charge in [0.1, 0.15) is 10.8 Å². The fraction of sp³-hybridized carbons (Fsp3) is 0.417. The van der Waals surface area contributed by atoms with Gasteiger partial charge in [0, 0.05) is 18.4 Å². The van der Waals surface area contributed by atoms with E-state index in [1.807, 2.05) is 0 Å². The Hall–Kier alpha value is -1.42. The van der Waals surface area contributed by atoms with Gasteiger partial charge in [0.2, 0.25) is 0 Å². The Morgan fingerprint density at radius 2 is 2.12 bits per heavy atom. The normalized spacial score (nSPS) is 20.3. The molecule has 0 spiro atoms. The van der Waals surface area contributed by atoms with Crippen LogP contribution in [0.3, 0.4) is 0 Å². The lowest BCUT2D eigenvalue weighted by Crippen LogP contribution is -2.16. The molecule has 0 N–H and O–H groups in total. The highest BCUT2D eigenvalue weighted by Crippen LogP contribution is 2.34. The number of nitro groups is 1. The van der Waals surface area contributed by atoms with E-state index in [-0.39, 0.29) is 22.4 Å². The first-order valence-electron chi connectivity index (χ1n) is 5.56. The van der Waals surface area contributed by atoms with Gasteiger partial charge in [0.15, 0.2) is 0 Å². The Bertz CT molecular complexity index is 473. The minimum absolute atomic E-state index is 0.103. The Morgan fingerprint density at radius 3 is 2.71 bits per heavy atom. The summed E-state index contributed by atoms with van der Waals surface area (Å²) in [6.45, 7) is 0. The third-order valence-corrected chi connectivity index (χ3v) is 3.43. The van der Waals surface area contributed by atoms with Crippen LogP contribution in [0.1, 0.15) is 37.2 Å². The van der Waals surface area contributed by atoms with Gasteiger partial charge in [-0.3, -0.25) is 14.9 Å². The van der Waals surface area contributed by atoms with Crippen molar-refractivity contribution in [3.05, 3.63) is 38.9 Å². The van der Waals surface area contributed by atoms with Gasteiger partial charge >= 0.3 is 0 Å². The smallest absolute Gasteiger partial charge is 0.287 e. The van der Waals surface area contributed by atoms with Gasteiger partial charge < -0.3 is 0 Å². The van der Waals surface area contributed by atoms with Crippen molar-refractivity contribution < 1.29 is 9.72 Å². The van der Waals surface area contributed by atoms with E-state index >= 15 is 0 Å². The summed E-state index contributed by atoms with van der Waals surface area (Å²) in [7, 11) is 0. The van der Waals surface area contributed by atoms with Crippen molar-refractivity contribution in [3.8, 4) is 0 Å². The van der Waals surface area contributed by atoms with Crippen molar-refractivity contribution in [3.63, 3.8) is 0 Å². The molecule has 1 atom stereocenters. The standard InChI is InChI=1S/C12H12ClNO3/c13-10-7-8(5-6-11(10)14(16)17)9-3-1-2-4-12(9)15/h5-7,9H,1-4H2. The topological polar surface area (TPSA) is 60.2 Å². The number of hydrogen-bond acceptors (Lipinski definition) is 3. The van der Waals surface area contributed by atoms with E-state index in [0.717, 1.165) is 24.8 Å². The second-order valence-electron chi connectivity index (χ2n) is 4.23. The number of hydrogen-bond donors (Lipinski definition) is 0. The van der Waals surface area contributed by atoms with Crippen molar-refractivity contribution in [1.82, 2.24) is 0 Å². The van der Waals surface area contributed by atoms with Crippen LogP contribution in [0.25, 0.3) is 0 Å². The number of rotatable bonds is 2. The molecule has 4 nitrogen and oxygen atoms in total. The van der Waals surface area contributed by atoms with Crippen molar-refractivity contribution in [1.29, 1.82) is 0 Å². The van der Waals surface area contributed by atoms with Crippen molar-refractivity contribution in [2.75, 3.05) is 0 Å². The molecule has 1 aliphatic rings. The minimum Gasteiger partial charge on any atom is -0.299 e. The summed E-state index contributed by atoms with van der Waals surface area (Å²) in [6.07, 6.45) is 3.37. The highest BCUT2D eigenvalue weighted by atomic mass is 35.5. The van der Waals surface area contributed by atoms with Gasteiger partial charge in [-0.1, -0.05) is 24.1 Å². The van der Waals surface area contributed by atoms with E-state index in [1.165, 1.54) is 6.07 Å². The molecule has 0 radical (unpaired) electrons. The van der Waals surface area contributed by atoms with Gasteiger partial charge in [0.25, 0.3) is 5.69 Å². The third-order valence-electron chi connectivity index (χ3n) is 3.13. The highest BCUT2D eigenvalue weighted by Gasteiger charge is 2.25. The lowest BCUT2D eigenvalue weighted by Gasteiger charge is -2.20. The van der Waals surface area contributed by atoms with Crippen LogP contribution in [-0.4, -0.2) is 10.7 Å². The molecule has 0 bridgehead atoms. The average Bonchev–Trinajstić information content (AvgIpc) is 2.29. The summed E-state index contributed by atoms with van der Waals surface area (Å²) in [5.41, 5.74) is 0.684. The molecule has 0 aliphatic heterocycles. The molecule has 1 saturated carbocycles. The number of Topliss-reactive ketones (excluding diaryl/α,β-unsaturated/α-hetero) is 1. The van der Waals surface area contributed by atoms with Crippen LogP contribution in [0, 0.1) is 10.1 Å². The maximum Gasteiger partial charge on any atom is 0.287 e. The largest absolute Gasteiger partial charge is 0.299 e. The van der Waals surface area contributed by atoms with E-state index in [0.29, 0.717) is 6.42 Å². The first kappa shape index (κ1) is 12.0. The molecule has 2 rings (SSSR count). The molecule has 0 saturated heterocycles. The van der Waals surface area contributed by atoms with Crippen LogP contribution in [0.2, 0.25) is 5.02 Å². The molecule has 17 heavy (non-hydrogen) atoms. The molecule has 1 unspecified atom stereocenters.